The van der Waals surface area contributed by atoms with Gasteiger partial charge in [0, 0.05) is 24.7 Å². The van der Waals surface area contributed by atoms with Crippen LogP contribution in [-0.4, -0.2) is 20.6 Å². The van der Waals surface area contributed by atoms with Gasteiger partial charge >= 0.3 is 0 Å². The number of nitro benzene ring substituents is 1. The average Bonchev–Trinajstić information content (AvgIpc) is 2.67. The lowest BCUT2D eigenvalue weighted by atomic mass is 10.2. The van der Waals surface area contributed by atoms with E-state index in [0.29, 0.717) is 5.82 Å². The van der Waals surface area contributed by atoms with Crippen LogP contribution in [-0.2, 0) is 7.05 Å². The largest absolute Gasteiger partial charge is 0.307 e. The Morgan fingerprint density at radius 1 is 1.45 bits per heavy atom. The zero-order chi connectivity index (χ0) is 14.9. The summed E-state index contributed by atoms with van der Waals surface area (Å²) in [7, 11) is 1.69. The van der Waals surface area contributed by atoms with Crippen LogP contribution < -0.4 is 5.32 Å². The molecule has 1 N–H and O–H groups in total. The summed E-state index contributed by atoms with van der Waals surface area (Å²) in [5, 5.41) is 17.5. The monoisotopic (exact) mass is 294 g/mol. The van der Waals surface area contributed by atoms with Gasteiger partial charge < -0.3 is 5.32 Å². The van der Waals surface area contributed by atoms with Crippen molar-refractivity contribution in [3.05, 3.63) is 50.7 Å². The number of nitrogens with zero attached hydrogens (tertiary/aromatic N) is 3. The van der Waals surface area contributed by atoms with Gasteiger partial charge in [0.05, 0.1) is 10.6 Å². The number of nitro groups is 1. The molecule has 0 aliphatic heterocycles. The molecule has 1 heterocycles. The minimum Gasteiger partial charge on any atom is -0.307 e. The summed E-state index contributed by atoms with van der Waals surface area (Å²) in [5.74, 6) is 0.0397. The first-order chi connectivity index (χ1) is 9.38. The second-order valence-corrected chi connectivity index (χ2v) is 4.58. The molecule has 0 atom stereocenters. The van der Waals surface area contributed by atoms with E-state index in [4.69, 9.17) is 11.6 Å². The Labute approximate surface area is 119 Å². The highest BCUT2D eigenvalue weighted by atomic mass is 35.5. The van der Waals surface area contributed by atoms with Crippen molar-refractivity contribution in [2.45, 2.75) is 6.92 Å². The van der Waals surface area contributed by atoms with Crippen LogP contribution in [0.5, 0.6) is 0 Å². The van der Waals surface area contributed by atoms with Crippen molar-refractivity contribution in [1.29, 1.82) is 0 Å². The van der Waals surface area contributed by atoms with Crippen LogP contribution in [0.25, 0.3) is 0 Å². The maximum absolute atomic E-state index is 12.0. The molecule has 0 aliphatic carbocycles. The summed E-state index contributed by atoms with van der Waals surface area (Å²) in [6, 6.07) is 5.58. The van der Waals surface area contributed by atoms with Crippen molar-refractivity contribution in [2.75, 3.05) is 5.32 Å². The van der Waals surface area contributed by atoms with Gasteiger partial charge in [-0.3, -0.25) is 19.6 Å². The minimum absolute atomic E-state index is 0.0112. The van der Waals surface area contributed by atoms with Crippen LogP contribution in [0, 0.1) is 17.0 Å². The molecule has 8 heteroatoms. The van der Waals surface area contributed by atoms with E-state index in [1.807, 2.05) is 0 Å². The van der Waals surface area contributed by atoms with Crippen LogP contribution in [0.4, 0.5) is 11.5 Å². The van der Waals surface area contributed by atoms with E-state index in [0.717, 1.165) is 11.8 Å². The van der Waals surface area contributed by atoms with E-state index in [1.54, 1.807) is 20.0 Å². The highest BCUT2D eigenvalue weighted by molar-refractivity contribution is 6.32. The van der Waals surface area contributed by atoms with Crippen LogP contribution in [0.1, 0.15) is 16.1 Å². The lowest BCUT2D eigenvalue weighted by Gasteiger charge is -2.05. The van der Waals surface area contributed by atoms with Gasteiger partial charge in [0.25, 0.3) is 11.6 Å². The lowest BCUT2D eigenvalue weighted by molar-refractivity contribution is -0.384. The van der Waals surface area contributed by atoms with Gasteiger partial charge in [0.1, 0.15) is 10.8 Å². The van der Waals surface area contributed by atoms with E-state index < -0.39 is 10.8 Å². The summed E-state index contributed by atoms with van der Waals surface area (Å²) in [5.41, 5.74) is 0.602. The SMILES string of the molecule is Cc1cc(NC(=O)c2ccc(Cl)c([N+](=O)[O-])c2)n(C)n1. The van der Waals surface area contributed by atoms with E-state index in [1.165, 1.54) is 16.8 Å². The quantitative estimate of drug-likeness (QED) is 0.695. The molecule has 0 bridgehead atoms. The molecule has 2 rings (SSSR count). The van der Waals surface area contributed by atoms with Gasteiger partial charge in [-0.15, -0.1) is 0 Å². The molecule has 1 amide bonds. The van der Waals surface area contributed by atoms with Gasteiger partial charge in [-0.1, -0.05) is 11.6 Å². The number of hydrogen-bond donors (Lipinski definition) is 1. The molecule has 1 aromatic heterocycles. The molecule has 20 heavy (non-hydrogen) atoms. The Bertz CT molecular complexity index is 696. The molecule has 7 nitrogen and oxygen atoms in total. The first-order valence-electron chi connectivity index (χ1n) is 5.64. The molecule has 0 fully saturated rings. The molecule has 0 saturated carbocycles. The molecular formula is C12H11ClN4O3. The second kappa shape index (κ2) is 5.30. The zero-order valence-corrected chi connectivity index (χ0v) is 11.5. The van der Waals surface area contributed by atoms with Crippen LogP contribution in [0.3, 0.4) is 0 Å². The minimum atomic E-state index is -0.632. The van der Waals surface area contributed by atoms with Crippen LogP contribution in [0.15, 0.2) is 24.3 Å². The highest BCUT2D eigenvalue weighted by Crippen LogP contribution is 2.25. The number of aromatic nitrogens is 2. The number of amides is 1. The summed E-state index contributed by atoms with van der Waals surface area (Å²) < 4.78 is 1.51. The number of benzene rings is 1. The van der Waals surface area contributed by atoms with Crippen molar-refractivity contribution >= 4 is 29.0 Å². The van der Waals surface area contributed by atoms with Crippen LogP contribution in [0.2, 0.25) is 5.02 Å². The molecule has 1 aromatic carbocycles. The Kier molecular flexibility index (Phi) is 3.71. The zero-order valence-electron chi connectivity index (χ0n) is 10.8. The third-order valence-electron chi connectivity index (χ3n) is 2.65. The number of halogens is 1. The molecule has 0 aliphatic rings. The summed E-state index contributed by atoms with van der Waals surface area (Å²) in [6.45, 7) is 1.79. The third-order valence-corrected chi connectivity index (χ3v) is 2.97. The first-order valence-corrected chi connectivity index (χ1v) is 6.02. The maximum Gasteiger partial charge on any atom is 0.288 e. The lowest BCUT2D eigenvalue weighted by Crippen LogP contribution is -2.14. The van der Waals surface area contributed by atoms with E-state index in [2.05, 4.69) is 10.4 Å². The fraction of sp³-hybridized carbons (Fsp3) is 0.167. The van der Waals surface area contributed by atoms with Crippen molar-refractivity contribution in [1.82, 2.24) is 9.78 Å². The number of nitrogens with one attached hydrogen (secondary N) is 1. The standard InChI is InChI=1S/C12H11ClN4O3/c1-7-5-11(16(2)15-7)14-12(18)8-3-4-9(13)10(6-8)17(19)20/h3-6H,1-2H3,(H,14,18). The molecule has 2 aromatic rings. The third kappa shape index (κ3) is 2.77. The number of carbonyl (C=O) groups excluding carboxylic acids is 1. The maximum atomic E-state index is 12.0. The fourth-order valence-electron chi connectivity index (χ4n) is 1.71. The van der Waals surface area contributed by atoms with Gasteiger partial charge in [0.2, 0.25) is 0 Å². The van der Waals surface area contributed by atoms with E-state index >= 15 is 0 Å². The fourth-order valence-corrected chi connectivity index (χ4v) is 1.90. The number of carbonyl (C=O) groups is 1. The molecule has 0 radical (unpaired) electrons. The molecule has 0 unspecified atom stereocenters. The molecule has 104 valence electrons. The number of hydrogen-bond acceptors (Lipinski definition) is 4. The molecule has 0 spiro atoms. The molecule has 0 saturated heterocycles. The first kappa shape index (κ1) is 14.0. The van der Waals surface area contributed by atoms with Gasteiger partial charge in [-0.25, -0.2) is 0 Å². The van der Waals surface area contributed by atoms with E-state index in [-0.39, 0.29) is 16.3 Å². The Morgan fingerprint density at radius 2 is 2.15 bits per heavy atom. The Balaban J connectivity index is 2.28. The smallest absolute Gasteiger partial charge is 0.288 e. The van der Waals surface area contributed by atoms with Crippen molar-refractivity contribution < 1.29 is 9.72 Å². The van der Waals surface area contributed by atoms with E-state index in [9.17, 15) is 14.9 Å². The van der Waals surface area contributed by atoms with Gasteiger partial charge in [-0.2, -0.15) is 5.10 Å². The second-order valence-electron chi connectivity index (χ2n) is 4.17. The number of anilines is 1. The van der Waals surface area contributed by atoms with Gasteiger partial charge in [-0.05, 0) is 19.1 Å². The summed E-state index contributed by atoms with van der Waals surface area (Å²) in [4.78, 5) is 22.2. The average molecular weight is 295 g/mol. The van der Waals surface area contributed by atoms with Crippen molar-refractivity contribution in [3.8, 4) is 0 Å². The van der Waals surface area contributed by atoms with Gasteiger partial charge in [0.15, 0.2) is 0 Å². The predicted molar refractivity (Wildman–Crippen MR) is 74.0 cm³/mol. The molecular weight excluding hydrogens is 284 g/mol. The predicted octanol–water partition coefficient (Wildman–Crippen LogP) is 2.54. The number of rotatable bonds is 3. The highest BCUT2D eigenvalue weighted by Gasteiger charge is 2.17. The summed E-state index contributed by atoms with van der Waals surface area (Å²) >= 11 is 5.70. The normalized spacial score (nSPS) is 10.3. The number of aryl methyl sites for hydroxylation is 2. The Hall–Kier alpha value is -2.41. The van der Waals surface area contributed by atoms with Crippen molar-refractivity contribution in [2.24, 2.45) is 7.05 Å². The Morgan fingerprint density at radius 3 is 2.70 bits per heavy atom. The van der Waals surface area contributed by atoms with Crippen molar-refractivity contribution in [3.63, 3.8) is 0 Å². The van der Waals surface area contributed by atoms with Crippen LogP contribution >= 0.6 is 11.6 Å². The topological polar surface area (TPSA) is 90.1 Å². The summed E-state index contributed by atoms with van der Waals surface area (Å²) in [6.07, 6.45) is 0.